The Labute approximate surface area is 121 Å². The number of aliphatic hydroxyl groups is 1. The standard InChI is InChI=1S/C16H25NO3/c1-3-20-13-7-6-10-17(11-13)12-15(18)14-8-4-5-9-16(14)19-2/h4-5,8-9,13,15,18H,3,6-7,10-12H2,1-2H3. The Kier molecular flexibility index (Phi) is 5.83. The molecule has 4 nitrogen and oxygen atoms in total. The number of methoxy groups -OCH3 is 1. The lowest BCUT2D eigenvalue weighted by molar-refractivity contribution is -0.00726. The van der Waals surface area contributed by atoms with Crippen molar-refractivity contribution in [2.45, 2.75) is 32.0 Å². The quantitative estimate of drug-likeness (QED) is 0.867. The molecule has 0 aromatic heterocycles. The van der Waals surface area contributed by atoms with Crippen LogP contribution in [0.4, 0.5) is 0 Å². The van der Waals surface area contributed by atoms with Gasteiger partial charge in [0, 0.05) is 25.3 Å². The molecule has 0 radical (unpaired) electrons. The van der Waals surface area contributed by atoms with Crippen molar-refractivity contribution in [3.05, 3.63) is 29.8 Å². The fourth-order valence-corrected chi connectivity index (χ4v) is 2.84. The minimum Gasteiger partial charge on any atom is -0.496 e. The fraction of sp³-hybridized carbons (Fsp3) is 0.625. The number of nitrogens with zero attached hydrogens (tertiary/aromatic N) is 1. The molecule has 112 valence electrons. The molecule has 0 aliphatic carbocycles. The van der Waals surface area contributed by atoms with Crippen molar-refractivity contribution in [3.8, 4) is 5.75 Å². The molecule has 1 aromatic carbocycles. The van der Waals surface area contributed by atoms with Gasteiger partial charge >= 0.3 is 0 Å². The molecule has 2 atom stereocenters. The van der Waals surface area contributed by atoms with Gasteiger partial charge < -0.3 is 14.6 Å². The number of rotatable bonds is 6. The molecule has 0 bridgehead atoms. The molecule has 20 heavy (non-hydrogen) atoms. The molecule has 1 aliphatic rings. The molecule has 0 spiro atoms. The van der Waals surface area contributed by atoms with Crippen molar-refractivity contribution in [2.24, 2.45) is 0 Å². The predicted molar refractivity (Wildman–Crippen MR) is 79.0 cm³/mol. The highest BCUT2D eigenvalue weighted by Crippen LogP contribution is 2.26. The minimum absolute atomic E-state index is 0.304. The molecular weight excluding hydrogens is 254 g/mol. The summed E-state index contributed by atoms with van der Waals surface area (Å²) in [6.45, 7) is 5.34. The van der Waals surface area contributed by atoms with Crippen molar-refractivity contribution in [1.29, 1.82) is 0 Å². The van der Waals surface area contributed by atoms with Gasteiger partial charge in [-0.1, -0.05) is 18.2 Å². The largest absolute Gasteiger partial charge is 0.496 e. The maximum atomic E-state index is 10.4. The second-order valence-corrected chi connectivity index (χ2v) is 5.24. The van der Waals surface area contributed by atoms with E-state index in [1.807, 2.05) is 31.2 Å². The maximum absolute atomic E-state index is 10.4. The van der Waals surface area contributed by atoms with Crippen molar-refractivity contribution >= 4 is 0 Å². The van der Waals surface area contributed by atoms with E-state index in [0.717, 1.165) is 43.9 Å². The molecule has 2 rings (SSSR count). The van der Waals surface area contributed by atoms with Crippen LogP contribution in [0.25, 0.3) is 0 Å². The number of ether oxygens (including phenoxy) is 2. The Morgan fingerprint density at radius 2 is 2.20 bits per heavy atom. The van der Waals surface area contributed by atoms with Crippen LogP contribution in [0, 0.1) is 0 Å². The normalized spacial score (nSPS) is 21.6. The van der Waals surface area contributed by atoms with E-state index in [9.17, 15) is 5.11 Å². The third kappa shape index (κ3) is 3.95. The minimum atomic E-state index is -0.522. The number of hydrogen-bond acceptors (Lipinski definition) is 4. The predicted octanol–water partition coefficient (Wildman–Crippen LogP) is 2.23. The summed E-state index contributed by atoms with van der Waals surface area (Å²) in [6, 6.07) is 7.66. The van der Waals surface area contributed by atoms with Gasteiger partial charge in [0.2, 0.25) is 0 Å². The molecule has 1 N–H and O–H groups in total. The van der Waals surface area contributed by atoms with Crippen LogP contribution in [0.1, 0.15) is 31.4 Å². The van der Waals surface area contributed by atoms with Gasteiger partial charge in [-0.15, -0.1) is 0 Å². The van der Waals surface area contributed by atoms with Crippen molar-refractivity contribution in [3.63, 3.8) is 0 Å². The van der Waals surface area contributed by atoms with Crippen LogP contribution in [-0.2, 0) is 4.74 Å². The molecule has 1 heterocycles. The van der Waals surface area contributed by atoms with Gasteiger partial charge in [-0.2, -0.15) is 0 Å². The summed E-state index contributed by atoms with van der Waals surface area (Å²) in [5.41, 5.74) is 0.855. The van der Waals surface area contributed by atoms with E-state index in [-0.39, 0.29) is 0 Å². The van der Waals surface area contributed by atoms with Crippen LogP contribution >= 0.6 is 0 Å². The third-order valence-corrected chi connectivity index (χ3v) is 3.79. The molecule has 1 fully saturated rings. The lowest BCUT2D eigenvalue weighted by atomic mass is 10.0. The summed E-state index contributed by atoms with van der Waals surface area (Å²) < 4.78 is 11.0. The Morgan fingerprint density at radius 3 is 2.95 bits per heavy atom. The van der Waals surface area contributed by atoms with Crippen LogP contribution in [0.3, 0.4) is 0 Å². The molecule has 0 amide bonds. The van der Waals surface area contributed by atoms with Gasteiger partial charge in [-0.05, 0) is 32.4 Å². The highest BCUT2D eigenvalue weighted by atomic mass is 16.5. The first-order valence-corrected chi connectivity index (χ1v) is 7.39. The van der Waals surface area contributed by atoms with Crippen LogP contribution in [0.2, 0.25) is 0 Å². The number of aliphatic hydroxyl groups excluding tert-OH is 1. The maximum Gasteiger partial charge on any atom is 0.124 e. The SMILES string of the molecule is CCOC1CCCN(CC(O)c2ccccc2OC)C1. The Balaban J connectivity index is 1.95. The monoisotopic (exact) mass is 279 g/mol. The molecule has 4 heteroatoms. The van der Waals surface area contributed by atoms with E-state index >= 15 is 0 Å². The zero-order valence-corrected chi connectivity index (χ0v) is 12.4. The first-order chi connectivity index (χ1) is 9.74. The first kappa shape index (κ1) is 15.3. The fourth-order valence-electron chi connectivity index (χ4n) is 2.84. The summed E-state index contributed by atoms with van der Waals surface area (Å²) in [4.78, 5) is 2.28. The topological polar surface area (TPSA) is 41.9 Å². The second kappa shape index (κ2) is 7.62. The summed E-state index contributed by atoms with van der Waals surface area (Å²) in [6.07, 6.45) is 2.03. The smallest absolute Gasteiger partial charge is 0.124 e. The van der Waals surface area contributed by atoms with Crippen LogP contribution in [0.5, 0.6) is 5.75 Å². The second-order valence-electron chi connectivity index (χ2n) is 5.24. The highest BCUT2D eigenvalue weighted by Gasteiger charge is 2.23. The highest BCUT2D eigenvalue weighted by molar-refractivity contribution is 5.35. The van der Waals surface area contributed by atoms with Gasteiger partial charge in [0.25, 0.3) is 0 Å². The third-order valence-electron chi connectivity index (χ3n) is 3.79. The molecule has 2 unspecified atom stereocenters. The Morgan fingerprint density at radius 1 is 1.40 bits per heavy atom. The van der Waals surface area contributed by atoms with E-state index < -0.39 is 6.10 Å². The molecular formula is C16H25NO3. The number of hydrogen-bond donors (Lipinski definition) is 1. The molecule has 1 aromatic rings. The van der Waals surface area contributed by atoms with E-state index in [4.69, 9.17) is 9.47 Å². The number of benzene rings is 1. The summed E-state index contributed by atoms with van der Waals surface area (Å²) in [5.74, 6) is 0.748. The van der Waals surface area contributed by atoms with Crippen molar-refractivity contribution in [1.82, 2.24) is 4.90 Å². The molecule has 1 aliphatic heterocycles. The Hall–Kier alpha value is -1.10. The summed E-state index contributed by atoms with van der Waals surface area (Å²) in [5, 5.41) is 10.4. The van der Waals surface area contributed by atoms with Gasteiger partial charge in [0.05, 0.1) is 19.3 Å². The van der Waals surface area contributed by atoms with E-state index in [0.29, 0.717) is 12.6 Å². The lowest BCUT2D eigenvalue weighted by Gasteiger charge is -2.33. The lowest BCUT2D eigenvalue weighted by Crippen LogP contribution is -2.41. The molecule has 1 saturated heterocycles. The van der Waals surface area contributed by atoms with E-state index in [2.05, 4.69) is 4.90 Å². The van der Waals surface area contributed by atoms with Gasteiger partial charge in [0.15, 0.2) is 0 Å². The van der Waals surface area contributed by atoms with Gasteiger partial charge in [0.1, 0.15) is 5.75 Å². The number of para-hydroxylation sites is 1. The van der Waals surface area contributed by atoms with Crippen LogP contribution in [-0.4, -0.2) is 49.5 Å². The summed E-state index contributed by atoms with van der Waals surface area (Å²) in [7, 11) is 1.64. The van der Waals surface area contributed by atoms with Crippen molar-refractivity contribution in [2.75, 3.05) is 33.4 Å². The molecule has 0 saturated carbocycles. The van der Waals surface area contributed by atoms with Crippen molar-refractivity contribution < 1.29 is 14.6 Å². The van der Waals surface area contributed by atoms with E-state index in [1.54, 1.807) is 7.11 Å². The average Bonchev–Trinajstić information content (AvgIpc) is 2.48. The zero-order valence-electron chi connectivity index (χ0n) is 12.4. The average molecular weight is 279 g/mol. The Bertz CT molecular complexity index is 408. The van der Waals surface area contributed by atoms with E-state index in [1.165, 1.54) is 0 Å². The first-order valence-electron chi connectivity index (χ1n) is 7.39. The van der Waals surface area contributed by atoms with Crippen LogP contribution < -0.4 is 4.74 Å². The number of likely N-dealkylation sites (tertiary alicyclic amines) is 1. The van der Waals surface area contributed by atoms with Gasteiger partial charge in [-0.25, -0.2) is 0 Å². The van der Waals surface area contributed by atoms with Gasteiger partial charge in [-0.3, -0.25) is 4.90 Å². The number of β-amino-alcohol motifs (C(OH)–C–C–N with tert-alkyl or cyclic N) is 1. The zero-order chi connectivity index (χ0) is 14.4. The number of piperidine rings is 1. The van der Waals surface area contributed by atoms with Crippen LogP contribution in [0.15, 0.2) is 24.3 Å². The summed E-state index contributed by atoms with van der Waals surface area (Å²) >= 11 is 0.